The van der Waals surface area contributed by atoms with Crippen molar-refractivity contribution in [2.45, 2.75) is 6.92 Å². The number of hydrogen-bond donors (Lipinski definition) is 1. The molecule has 20 heavy (non-hydrogen) atoms. The van der Waals surface area contributed by atoms with E-state index >= 15 is 0 Å². The molecule has 2 rings (SSSR count). The molecule has 2 aromatic rings. The van der Waals surface area contributed by atoms with E-state index in [2.05, 4.69) is 15.9 Å². The first-order chi connectivity index (χ1) is 9.51. The zero-order valence-corrected chi connectivity index (χ0v) is 12.1. The Kier molecular flexibility index (Phi) is 4.06. The molecule has 0 aliphatic heterocycles. The first kappa shape index (κ1) is 14.1. The van der Waals surface area contributed by atoms with E-state index in [0.29, 0.717) is 17.1 Å². The minimum absolute atomic E-state index is 0.138. The number of rotatable bonds is 3. The van der Waals surface area contributed by atoms with Gasteiger partial charge < -0.3 is 9.84 Å². The summed E-state index contributed by atoms with van der Waals surface area (Å²) in [5.41, 5.74) is 1.31. The maximum absolute atomic E-state index is 11.0. The van der Waals surface area contributed by atoms with Crippen LogP contribution < -0.4 is 4.74 Å². The molecule has 0 fully saturated rings. The molecule has 1 N–H and O–H groups in total. The molecule has 0 aliphatic carbocycles. The van der Waals surface area contributed by atoms with Crippen LogP contribution in [0.25, 0.3) is 0 Å². The molecule has 0 aliphatic rings. The first-order valence-electron chi connectivity index (χ1n) is 5.72. The fraction of sp³-hybridized carbons (Fsp3) is 0.0667. The highest BCUT2D eigenvalue weighted by Gasteiger charge is 2.10. The maximum atomic E-state index is 11.0. The van der Waals surface area contributed by atoms with Crippen LogP contribution in [0.1, 0.15) is 21.5 Å². The van der Waals surface area contributed by atoms with Crippen LogP contribution in [0.4, 0.5) is 0 Å². The Bertz CT molecular complexity index is 720. The summed E-state index contributed by atoms with van der Waals surface area (Å²) in [5.74, 6) is -0.225. The second kappa shape index (κ2) is 5.76. The van der Waals surface area contributed by atoms with E-state index in [9.17, 15) is 4.79 Å². The molecule has 5 heteroatoms. The fourth-order valence-corrected chi connectivity index (χ4v) is 1.97. The summed E-state index contributed by atoms with van der Waals surface area (Å²) in [6, 6.07) is 11.7. The summed E-state index contributed by atoms with van der Waals surface area (Å²) in [7, 11) is 0. The van der Waals surface area contributed by atoms with Crippen LogP contribution in [0.15, 0.2) is 40.9 Å². The summed E-state index contributed by atoms with van der Waals surface area (Å²) in [6.07, 6.45) is 0. The Morgan fingerprint density at radius 3 is 2.65 bits per heavy atom. The molecule has 0 saturated carbocycles. The van der Waals surface area contributed by atoms with E-state index in [4.69, 9.17) is 15.1 Å². The number of nitrogens with zero attached hydrogens (tertiary/aromatic N) is 1. The number of nitriles is 1. The molecule has 2 aromatic carbocycles. The highest BCUT2D eigenvalue weighted by molar-refractivity contribution is 9.10. The highest BCUT2D eigenvalue weighted by Crippen LogP contribution is 2.30. The number of aromatic carboxylic acids is 1. The van der Waals surface area contributed by atoms with E-state index in [0.717, 1.165) is 10.0 Å². The third-order valence-electron chi connectivity index (χ3n) is 2.72. The minimum atomic E-state index is -1.02. The molecule has 0 spiro atoms. The normalized spacial score (nSPS) is 9.85. The van der Waals surface area contributed by atoms with Crippen molar-refractivity contribution < 1.29 is 14.6 Å². The number of halogens is 1. The van der Waals surface area contributed by atoms with Crippen molar-refractivity contribution in [1.29, 1.82) is 5.26 Å². The van der Waals surface area contributed by atoms with Gasteiger partial charge >= 0.3 is 5.97 Å². The van der Waals surface area contributed by atoms with E-state index in [1.54, 1.807) is 24.3 Å². The van der Waals surface area contributed by atoms with Crippen molar-refractivity contribution in [1.82, 2.24) is 0 Å². The number of benzene rings is 2. The van der Waals surface area contributed by atoms with Crippen LogP contribution in [-0.2, 0) is 0 Å². The summed E-state index contributed by atoms with van der Waals surface area (Å²) in [5, 5.41) is 18.1. The van der Waals surface area contributed by atoms with Crippen molar-refractivity contribution >= 4 is 21.9 Å². The minimum Gasteiger partial charge on any atom is -0.478 e. The van der Waals surface area contributed by atoms with Gasteiger partial charge in [0.2, 0.25) is 0 Å². The second-order valence-corrected chi connectivity index (χ2v) is 5.06. The molecule has 100 valence electrons. The number of carboxylic acid groups (broad SMARTS) is 1. The average Bonchev–Trinajstić information content (AvgIpc) is 2.41. The standard InChI is InChI=1S/C15H10BrNO3/c1-9-2-3-10(15(18)19)6-13(9)20-14-7-12(16)5-4-11(14)8-17/h2-7H,1H3,(H,18,19). The lowest BCUT2D eigenvalue weighted by molar-refractivity contribution is 0.0696. The molecule has 0 bridgehead atoms. The maximum Gasteiger partial charge on any atom is 0.335 e. The Labute approximate surface area is 124 Å². The van der Waals surface area contributed by atoms with Crippen LogP contribution >= 0.6 is 15.9 Å². The average molecular weight is 332 g/mol. The molecule has 0 aromatic heterocycles. The van der Waals surface area contributed by atoms with Crippen molar-refractivity contribution in [2.75, 3.05) is 0 Å². The predicted molar refractivity (Wildman–Crippen MR) is 77.1 cm³/mol. The summed E-state index contributed by atoms with van der Waals surface area (Å²) < 4.78 is 6.46. The molecule has 4 nitrogen and oxygen atoms in total. The van der Waals surface area contributed by atoms with E-state index in [1.807, 2.05) is 13.0 Å². The Morgan fingerprint density at radius 1 is 1.25 bits per heavy atom. The predicted octanol–water partition coefficient (Wildman–Crippen LogP) is 4.12. The van der Waals surface area contributed by atoms with Gasteiger partial charge in [0, 0.05) is 4.47 Å². The molecule has 0 atom stereocenters. The largest absolute Gasteiger partial charge is 0.478 e. The van der Waals surface area contributed by atoms with Crippen LogP contribution in [0.5, 0.6) is 11.5 Å². The van der Waals surface area contributed by atoms with Gasteiger partial charge in [0.05, 0.1) is 11.1 Å². The van der Waals surface area contributed by atoms with Gasteiger partial charge in [0.25, 0.3) is 0 Å². The lowest BCUT2D eigenvalue weighted by Gasteiger charge is -2.11. The van der Waals surface area contributed by atoms with Gasteiger partial charge in [-0.2, -0.15) is 5.26 Å². The molecule has 0 heterocycles. The van der Waals surface area contributed by atoms with Crippen LogP contribution in [0.3, 0.4) is 0 Å². The van der Waals surface area contributed by atoms with E-state index < -0.39 is 5.97 Å². The van der Waals surface area contributed by atoms with Crippen LogP contribution in [-0.4, -0.2) is 11.1 Å². The molecule has 0 saturated heterocycles. The van der Waals surface area contributed by atoms with Gasteiger partial charge in [0.1, 0.15) is 17.6 Å². The second-order valence-electron chi connectivity index (χ2n) is 4.14. The molecule has 0 amide bonds. The van der Waals surface area contributed by atoms with Crippen LogP contribution in [0.2, 0.25) is 0 Å². The van der Waals surface area contributed by atoms with Gasteiger partial charge in [0.15, 0.2) is 0 Å². The number of ether oxygens (including phenoxy) is 1. The summed E-state index contributed by atoms with van der Waals surface area (Å²) in [4.78, 5) is 11.0. The van der Waals surface area contributed by atoms with Crippen molar-refractivity contribution in [3.63, 3.8) is 0 Å². The third kappa shape index (κ3) is 2.98. The Morgan fingerprint density at radius 2 is 2.00 bits per heavy atom. The SMILES string of the molecule is Cc1ccc(C(=O)O)cc1Oc1cc(Br)ccc1C#N. The number of carboxylic acids is 1. The molecular formula is C15H10BrNO3. The quantitative estimate of drug-likeness (QED) is 0.918. The lowest BCUT2D eigenvalue weighted by Crippen LogP contribution is -1.98. The van der Waals surface area contributed by atoms with Crippen molar-refractivity contribution in [2.24, 2.45) is 0 Å². The van der Waals surface area contributed by atoms with Crippen molar-refractivity contribution in [3.05, 3.63) is 57.6 Å². The van der Waals surface area contributed by atoms with Gasteiger partial charge in [-0.1, -0.05) is 22.0 Å². The zero-order chi connectivity index (χ0) is 14.7. The summed E-state index contributed by atoms with van der Waals surface area (Å²) >= 11 is 3.31. The number of aryl methyl sites for hydroxylation is 1. The Hall–Kier alpha value is -2.32. The Balaban J connectivity index is 2.44. The van der Waals surface area contributed by atoms with Gasteiger partial charge in [-0.3, -0.25) is 0 Å². The smallest absolute Gasteiger partial charge is 0.335 e. The highest BCUT2D eigenvalue weighted by atomic mass is 79.9. The number of hydrogen-bond acceptors (Lipinski definition) is 3. The van der Waals surface area contributed by atoms with E-state index in [-0.39, 0.29) is 5.56 Å². The van der Waals surface area contributed by atoms with Crippen LogP contribution in [0, 0.1) is 18.3 Å². The monoisotopic (exact) mass is 331 g/mol. The first-order valence-corrected chi connectivity index (χ1v) is 6.52. The fourth-order valence-electron chi connectivity index (χ4n) is 1.63. The van der Waals surface area contributed by atoms with Gasteiger partial charge in [-0.25, -0.2) is 4.79 Å². The molecule has 0 unspecified atom stereocenters. The van der Waals surface area contributed by atoms with Gasteiger partial charge in [-0.05, 0) is 42.8 Å². The third-order valence-corrected chi connectivity index (χ3v) is 3.21. The lowest BCUT2D eigenvalue weighted by atomic mass is 10.1. The zero-order valence-electron chi connectivity index (χ0n) is 10.6. The van der Waals surface area contributed by atoms with Crippen molar-refractivity contribution in [3.8, 4) is 17.6 Å². The van der Waals surface area contributed by atoms with Gasteiger partial charge in [-0.15, -0.1) is 0 Å². The van der Waals surface area contributed by atoms with E-state index in [1.165, 1.54) is 12.1 Å². The summed E-state index contributed by atoms with van der Waals surface area (Å²) in [6.45, 7) is 1.81. The number of carbonyl (C=O) groups is 1. The topological polar surface area (TPSA) is 70.3 Å². The molecule has 0 radical (unpaired) electrons. The molecular weight excluding hydrogens is 322 g/mol.